The van der Waals surface area contributed by atoms with Crippen molar-refractivity contribution in [2.45, 2.75) is 46.0 Å². The lowest BCUT2D eigenvalue weighted by Gasteiger charge is -2.43. The number of nitro benzene ring substituents is 1. The Balaban J connectivity index is 2.14. The van der Waals surface area contributed by atoms with Crippen LogP contribution in [0.1, 0.15) is 45.1 Å². The molecule has 1 saturated carbocycles. The highest BCUT2D eigenvalue weighted by molar-refractivity contribution is 5.34. The Morgan fingerprint density at radius 3 is 2.45 bits per heavy atom. The Bertz CT molecular complexity index is 487. The van der Waals surface area contributed by atoms with Crippen LogP contribution in [-0.4, -0.2) is 11.5 Å². The molecule has 0 aliphatic heterocycles. The van der Waals surface area contributed by atoms with Gasteiger partial charge in [0, 0.05) is 12.1 Å². The molecule has 4 nitrogen and oxygen atoms in total. The SMILES string of the molecule is CC1(C)CCC(CN)(Cc2cccc([N+](=O)[O-])c2)CC1. The predicted octanol–water partition coefficient (Wildman–Crippen LogP) is 3.68. The van der Waals surface area contributed by atoms with Gasteiger partial charge in [0.25, 0.3) is 5.69 Å². The van der Waals surface area contributed by atoms with E-state index in [1.165, 1.54) is 12.8 Å². The third kappa shape index (κ3) is 3.37. The summed E-state index contributed by atoms with van der Waals surface area (Å²) in [6.07, 6.45) is 5.43. The second-order valence-corrected chi connectivity index (χ2v) is 6.97. The summed E-state index contributed by atoms with van der Waals surface area (Å²) in [7, 11) is 0. The minimum absolute atomic E-state index is 0.116. The molecule has 2 rings (SSSR count). The van der Waals surface area contributed by atoms with Crippen LogP contribution in [0.5, 0.6) is 0 Å². The summed E-state index contributed by atoms with van der Waals surface area (Å²) in [5.74, 6) is 0. The van der Waals surface area contributed by atoms with Crippen LogP contribution < -0.4 is 5.73 Å². The molecule has 1 fully saturated rings. The summed E-state index contributed by atoms with van der Waals surface area (Å²) in [4.78, 5) is 10.5. The van der Waals surface area contributed by atoms with Crippen LogP contribution in [0.3, 0.4) is 0 Å². The Kier molecular flexibility index (Phi) is 4.14. The van der Waals surface area contributed by atoms with Crippen molar-refractivity contribution < 1.29 is 4.92 Å². The maximum atomic E-state index is 10.9. The fourth-order valence-corrected chi connectivity index (χ4v) is 3.12. The normalized spacial score (nSPS) is 20.6. The summed E-state index contributed by atoms with van der Waals surface area (Å²) >= 11 is 0. The molecule has 0 unspecified atom stereocenters. The van der Waals surface area contributed by atoms with E-state index in [9.17, 15) is 10.1 Å². The largest absolute Gasteiger partial charge is 0.330 e. The quantitative estimate of drug-likeness (QED) is 0.673. The lowest BCUT2D eigenvalue weighted by atomic mass is 9.63. The van der Waals surface area contributed by atoms with Gasteiger partial charge >= 0.3 is 0 Å². The van der Waals surface area contributed by atoms with Gasteiger partial charge in [0.1, 0.15) is 0 Å². The van der Waals surface area contributed by atoms with Gasteiger partial charge in [-0.25, -0.2) is 0 Å². The topological polar surface area (TPSA) is 69.2 Å². The van der Waals surface area contributed by atoms with Gasteiger partial charge in [-0.1, -0.05) is 26.0 Å². The van der Waals surface area contributed by atoms with Gasteiger partial charge < -0.3 is 5.73 Å². The molecule has 0 bridgehead atoms. The zero-order chi connectivity index (χ0) is 14.8. The number of hydrogen-bond acceptors (Lipinski definition) is 3. The average molecular weight is 276 g/mol. The minimum atomic E-state index is -0.331. The average Bonchev–Trinajstić information content (AvgIpc) is 2.42. The summed E-state index contributed by atoms with van der Waals surface area (Å²) in [6, 6.07) is 6.98. The zero-order valence-corrected chi connectivity index (χ0v) is 12.4. The second-order valence-electron chi connectivity index (χ2n) is 6.97. The number of benzene rings is 1. The summed E-state index contributed by atoms with van der Waals surface area (Å²) in [6.45, 7) is 5.27. The van der Waals surface area contributed by atoms with E-state index in [1.807, 2.05) is 6.07 Å². The molecule has 0 heterocycles. The lowest BCUT2D eigenvalue weighted by Crippen LogP contribution is -2.38. The number of non-ortho nitro benzene ring substituents is 1. The molecule has 4 heteroatoms. The van der Waals surface area contributed by atoms with Crippen LogP contribution in [0.4, 0.5) is 5.69 Å². The van der Waals surface area contributed by atoms with E-state index in [0.717, 1.165) is 24.8 Å². The van der Waals surface area contributed by atoms with E-state index in [1.54, 1.807) is 18.2 Å². The fraction of sp³-hybridized carbons (Fsp3) is 0.625. The fourth-order valence-electron chi connectivity index (χ4n) is 3.12. The van der Waals surface area contributed by atoms with Crippen LogP contribution in [0.2, 0.25) is 0 Å². The first-order chi connectivity index (χ1) is 9.36. The molecule has 1 aliphatic rings. The molecule has 20 heavy (non-hydrogen) atoms. The predicted molar refractivity (Wildman–Crippen MR) is 80.5 cm³/mol. The van der Waals surface area contributed by atoms with E-state index in [-0.39, 0.29) is 16.0 Å². The van der Waals surface area contributed by atoms with Crippen LogP contribution in [0.25, 0.3) is 0 Å². The third-order valence-electron chi connectivity index (χ3n) is 4.80. The van der Waals surface area contributed by atoms with Crippen molar-refractivity contribution in [3.63, 3.8) is 0 Å². The molecule has 0 radical (unpaired) electrons. The van der Waals surface area contributed by atoms with Crippen LogP contribution in [-0.2, 0) is 6.42 Å². The van der Waals surface area contributed by atoms with Crippen molar-refractivity contribution >= 4 is 5.69 Å². The van der Waals surface area contributed by atoms with E-state index in [0.29, 0.717) is 12.0 Å². The molecule has 0 aromatic heterocycles. The Morgan fingerprint density at radius 2 is 1.90 bits per heavy atom. The molecule has 0 saturated heterocycles. The smallest absolute Gasteiger partial charge is 0.269 e. The van der Waals surface area contributed by atoms with Crippen molar-refractivity contribution in [1.29, 1.82) is 0 Å². The monoisotopic (exact) mass is 276 g/mol. The highest BCUT2D eigenvalue weighted by atomic mass is 16.6. The molecule has 0 spiro atoms. The van der Waals surface area contributed by atoms with E-state index < -0.39 is 0 Å². The molecular formula is C16H24N2O2. The number of nitrogens with two attached hydrogens (primary N) is 1. The van der Waals surface area contributed by atoms with Gasteiger partial charge in [0.2, 0.25) is 0 Å². The summed E-state index contributed by atoms with van der Waals surface area (Å²) in [5, 5.41) is 10.9. The van der Waals surface area contributed by atoms with Gasteiger partial charge in [-0.2, -0.15) is 0 Å². The Labute approximate surface area is 120 Å². The van der Waals surface area contributed by atoms with E-state index in [4.69, 9.17) is 5.73 Å². The minimum Gasteiger partial charge on any atom is -0.330 e. The first kappa shape index (κ1) is 15.0. The molecule has 0 amide bonds. The number of nitro groups is 1. The van der Waals surface area contributed by atoms with Crippen molar-refractivity contribution in [3.8, 4) is 0 Å². The standard InChI is InChI=1S/C16H24N2O2/c1-15(2)6-8-16(12-17,9-7-15)11-13-4-3-5-14(10-13)18(19)20/h3-5,10H,6-9,11-12,17H2,1-2H3. The van der Waals surface area contributed by atoms with Gasteiger partial charge in [0.05, 0.1) is 4.92 Å². The van der Waals surface area contributed by atoms with Crippen LogP contribution in [0.15, 0.2) is 24.3 Å². The van der Waals surface area contributed by atoms with Crippen LogP contribution >= 0.6 is 0 Å². The van der Waals surface area contributed by atoms with E-state index in [2.05, 4.69) is 13.8 Å². The summed E-state index contributed by atoms with van der Waals surface area (Å²) in [5.41, 5.74) is 7.76. The molecule has 2 N–H and O–H groups in total. The van der Waals surface area contributed by atoms with Gasteiger partial charge in [0.15, 0.2) is 0 Å². The lowest BCUT2D eigenvalue weighted by molar-refractivity contribution is -0.384. The Morgan fingerprint density at radius 1 is 1.25 bits per heavy atom. The maximum Gasteiger partial charge on any atom is 0.269 e. The summed E-state index contributed by atoms with van der Waals surface area (Å²) < 4.78 is 0. The highest BCUT2D eigenvalue weighted by Gasteiger charge is 2.37. The molecule has 1 aromatic rings. The first-order valence-electron chi connectivity index (χ1n) is 7.29. The number of hydrogen-bond donors (Lipinski definition) is 1. The zero-order valence-electron chi connectivity index (χ0n) is 12.4. The molecule has 110 valence electrons. The third-order valence-corrected chi connectivity index (χ3v) is 4.80. The van der Waals surface area contributed by atoms with Crippen molar-refractivity contribution in [1.82, 2.24) is 0 Å². The molecule has 1 aromatic carbocycles. The Hall–Kier alpha value is -1.42. The van der Waals surface area contributed by atoms with Crippen LogP contribution in [0, 0.1) is 20.9 Å². The second kappa shape index (κ2) is 5.52. The molecule has 0 atom stereocenters. The van der Waals surface area contributed by atoms with Gasteiger partial charge in [-0.3, -0.25) is 10.1 Å². The maximum absolute atomic E-state index is 10.9. The first-order valence-corrected chi connectivity index (χ1v) is 7.29. The van der Waals surface area contributed by atoms with Crippen molar-refractivity contribution in [2.75, 3.05) is 6.54 Å². The van der Waals surface area contributed by atoms with Gasteiger partial charge in [-0.05, 0) is 55.0 Å². The number of rotatable bonds is 4. The van der Waals surface area contributed by atoms with Crippen molar-refractivity contribution in [3.05, 3.63) is 39.9 Å². The van der Waals surface area contributed by atoms with E-state index >= 15 is 0 Å². The number of nitrogens with zero attached hydrogens (tertiary/aromatic N) is 1. The van der Waals surface area contributed by atoms with Crippen molar-refractivity contribution in [2.24, 2.45) is 16.6 Å². The highest BCUT2D eigenvalue weighted by Crippen LogP contribution is 2.46. The molecular weight excluding hydrogens is 252 g/mol. The van der Waals surface area contributed by atoms with Gasteiger partial charge in [-0.15, -0.1) is 0 Å². The molecule has 1 aliphatic carbocycles.